The first-order valence-corrected chi connectivity index (χ1v) is 10.3. The highest BCUT2D eigenvalue weighted by Gasteiger charge is 2.52. The Bertz CT molecular complexity index is 1020. The van der Waals surface area contributed by atoms with Crippen molar-refractivity contribution in [2.75, 3.05) is 0 Å². The molecule has 1 N–H and O–H groups in total. The number of oxazole rings is 1. The highest BCUT2D eigenvalue weighted by molar-refractivity contribution is 7.13. The highest BCUT2D eigenvalue weighted by atomic mass is 32.1. The Morgan fingerprint density at radius 2 is 2.03 bits per heavy atom. The zero-order chi connectivity index (χ0) is 20.4. The van der Waals surface area contributed by atoms with Gasteiger partial charge in [0.1, 0.15) is 17.6 Å². The summed E-state index contributed by atoms with van der Waals surface area (Å²) in [6.07, 6.45) is 3.50. The Morgan fingerprint density at radius 3 is 2.72 bits per heavy atom. The van der Waals surface area contributed by atoms with Crippen molar-refractivity contribution in [3.63, 3.8) is 0 Å². The summed E-state index contributed by atoms with van der Waals surface area (Å²) in [7, 11) is 0. The summed E-state index contributed by atoms with van der Waals surface area (Å²) in [6, 6.07) is 9.00. The molecule has 8 heteroatoms. The number of urea groups is 1. The maximum absolute atomic E-state index is 13.4. The Hall–Kier alpha value is -3.00. The first kappa shape index (κ1) is 19.3. The number of nitrogens with one attached hydrogen (secondary N) is 1. The SMILES string of the molecule is CCCCC1(c2ccc(F)cc2)NC(=O)N(Cc2coc(-c3cccs3)n2)C1=O. The summed E-state index contributed by atoms with van der Waals surface area (Å²) in [5, 5.41) is 4.77. The zero-order valence-corrected chi connectivity index (χ0v) is 16.7. The van der Waals surface area contributed by atoms with Crippen molar-refractivity contribution < 1.29 is 18.4 Å². The van der Waals surface area contributed by atoms with E-state index in [2.05, 4.69) is 10.3 Å². The van der Waals surface area contributed by atoms with Crippen LogP contribution in [-0.2, 0) is 16.9 Å². The molecule has 1 aliphatic heterocycles. The normalized spacial score (nSPS) is 19.0. The fourth-order valence-electron chi connectivity index (χ4n) is 3.51. The van der Waals surface area contributed by atoms with Crippen LogP contribution in [0.2, 0.25) is 0 Å². The maximum atomic E-state index is 13.4. The van der Waals surface area contributed by atoms with Crippen LogP contribution in [0.25, 0.3) is 10.8 Å². The molecule has 0 saturated carbocycles. The maximum Gasteiger partial charge on any atom is 0.325 e. The molecule has 29 heavy (non-hydrogen) atoms. The van der Waals surface area contributed by atoms with Crippen LogP contribution in [0.4, 0.5) is 9.18 Å². The molecule has 2 aromatic heterocycles. The third-order valence-electron chi connectivity index (χ3n) is 5.02. The molecule has 0 radical (unpaired) electrons. The van der Waals surface area contributed by atoms with Gasteiger partial charge in [-0.1, -0.05) is 38.0 Å². The van der Waals surface area contributed by atoms with Crippen LogP contribution in [0.3, 0.4) is 0 Å². The van der Waals surface area contributed by atoms with Gasteiger partial charge in [-0.3, -0.25) is 9.69 Å². The number of nitrogens with zero attached hydrogens (tertiary/aromatic N) is 2. The molecule has 1 aromatic carbocycles. The topological polar surface area (TPSA) is 75.4 Å². The van der Waals surface area contributed by atoms with E-state index in [-0.39, 0.29) is 12.5 Å². The van der Waals surface area contributed by atoms with Crippen LogP contribution < -0.4 is 5.32 Å². The number of unbranched alkanes of at least 4 members (excludes halogenated alkanes) is 1. The van der Waals surface area contributed by atoms with Gasteiger partial charge >= 0.3 is 6.03 Å². The zero-order valence-electron chi connectivity index (χ0n) is 15.9. The monoisotopic (exact) mass is 413 g/mol. The summed E-state index contributed by atoms with van der Waals surface area (Å²) in [5.41, 5.74) is -0.129. The van der Waals surface area contributed by atoms with E-state index in [1.165, 1.54) is 29.7 Å². The molecule has 1 fully saturated rings. The van der Waals surface area contributed by atoms with Crippen molar-refractivity contribution >= 4 is 23.3 Å². The summed E-state index contributed by atoms with van der Waals surface area (Å²) in [5.74, 6) is -0.294. The predicted molar refractivity (Wildman–Crippen MR) is 107 cm³/mol. The Kier molecular flexibility index (Phi) is 5.19. The fourth-order valence-corrected chi connectivity index (χ4v) is 4.17. The highest BCUT2D eigenvalue weighted by Crippen LogP contribution is 2.35. The lowest BCUT2D eigenvalue weighted by atomic mass is 9.85. The number of hydrogen-bond acceptors (Lipinski definition) is 5. The molecule has 1 unspecified atom stereocenters. The number of carbonyl (C=O) groups excluding carboxylic acids is 2. The van der Waals surface area contributed by atoms with E-state index in [0.717, 1.165) is 22.6 Å². The first-order valence-electron chi connectivity index (χ1n) is 9.42. The van der Waals surface area contributed by atoms with Crippen molar-refractivity contribution in [1.82, 2.24) is 15.2 Å². The number of rotatable bonds is 7. The smallest absolute Gasteiger partial charge is 0.325 e. The molecule has 0 bridgehead atoms. The minimum atomic E-state index is -1.19. The van der Waals surface area contributed by atoms with Crippen LogP contribution in [0.15, 0.2) is 52.5 Å². The molecular weight excluding hydrogens is 393 g/mol. The molecule has 4 rings (SSSR count). The van der Waals surface area contributed by atoms with Crippen LogP contribution >= 0.6 is 11.3 Å². The number of aromatic nitrogens is 1. The van der Waals surface area contributed by atoms with E-state index in [1.54, 1.807) is 12.1 Å². The number of thiophene rings is 1. The summed E-state index contributed by atoms with van der Waals surface area (Å²) in [4.78, 5) is 32.5. The van der Waals surface area contributed by atoms with E-state index < -0.39 is 17.4 Å². The third kappa shape index (κ3) is 3.55. The van der Waals surface area contributed by atoms with Gasteiger partial charge in [-0.15, -0.1) is 11.3 Å². The lowest BCUT2D eigenvalue weighted by Crippen LogP contribution is -2.44. The van der Waals surface area contributed by atoms with Gasteiger partial charge in [0.15, 0.2) is 0 Å². The van der Waals surface area contributed by atoms with E-state index in [4.69, 9.17) is 4.42 Å². The summed E-state index contributed by atoms with van der Waals surface area (Å²) >= 11 is 1.49. The van der Waals surface area contributed by atoms with Crippen molar-refractivity contribution in [2.24, 2.45) is 0 Å². The van der Waals surface area contributed by atoms with E-state index in [0.29, 0.717) is 23.6 Å². The standard InChI is InChI=1S/C21H20FN3O3S/c1-2-3-10-21(14-6-8-15(22)9-7-14)19(26)25(20(27)24-21)12-16-13-28-18(23-16)17-5-4-11-29-17/h4-9,11,13H,2-3,10,12H2,1H3,(H,24,27). The van der Waals surface area contributed by atoms with E-state index in [1.807, 2.05) is 24.4 Å². The predicted octanol–water partition coefficient (Wildman–Crippen LogP) is 4.68. The van der Waals surface area contributed by atoms with Crippen molar-refractivity contribution in [3.05, 3.63) is 65.1 Å². The molecule has 3 aromatic rings. The molecule has 1 saturated heterocycles. The molecule has 0 aliphatic carbocycles. The van der Waals surface area contributed by atoms with Crippen LogP contribution in [0.5, 0.6) is 0 Å². The van der Waals surface area contributed by atoms with Gasteiger partial charge in [0, 0.05) is 0 Å². The first-order chi connectivity index (χ1) is 14.0. The molecule has 3 heterocycles. The Morgan fingerprint density at radius 1 is 1.24 bits per heavy atom. The van der Waals surface area contributed by atoms with Gasteiger partial charge in [-0.25, -0.2) is 14.2 Å². The number of halogens is 1. The summed E-state index contributed by atoms with van der Waals surface area (Å²) < 4.78 is 18.9. The quantitative estimate of drug-likeness (QED) is 0.571. The van der Waals surface area contributed by atoms with Crippen molar-refractivity contribution in [2.45, 2.75) is 38.3 Å². The van der Waals surface area contributed by atoms with Crippen LogP contribution in [0, 0.1) is 5.82 Å². The molecule has 150 valence electrons. The van der Waals surface area contributed by atoms with E-state index in [9.17, 15) is 14.0 Å². The minimum absolute atomic E-state index is 0.00854. The van der Waals surface area contributed by atoms with Gasteiger partial charge in [0.25, 0.3) is 5.91 Å². The Balaban J connectivity index is 1.61. The van der Waals surface area contributed by atoms with E-state index >= 15 is 0 Å². The number of hydrogen-bond donors (Lipinski definition) is 1. The minimum Gasteiger partial charge on any atom is -0.443 e. The average Bonchev–Trinajstić information content (AvgIpc) is 3.44. The van der Waals surface area contributed by atoms with Gasteiger partial charge in [-0.05, 0) is 35.6 Å². The van der Waals surface area contributed by atoms with Gasteiger partial charge in [-0.2, -0.15) is 0 Å². The average molecular weight is 413 g/mol. The van der Waals surface area contributed by atoms with Gasteiger partial charge in [0.2, 0.25) is 5.89 Å². The van der Waals surface area contributed by atoms with Crippen molar-refractivity contribution in [3.8, 4) is 10.8 Å². The largest absolute Gasteiger partial charge is 0.443 e. The molecular formula is C21H20FN3O3S. The molecule has 3 amide bonds. The van der Waals surface area contributed by atoms with Gasteiger partial charge < -0.3 is 9.73 Å². The number of imide groups is 1. The Labute approximate surface area is 171 Å². The molecule has 1 aliphatic rings. The molecule has 6 nitrogen and oxygen atoms in total. The molecule has 0 spiro atoms. The number of carbonyl (C=O) groups is 2. The second kappa shape index (κ2) is 7.79. The summed E-state index contributed by atoms with van der Waals surface area (Å²) in [6.45, 7) is 2.02. The molecule has 1 atom stereocenters. The van der Waals surface area contributed by atoms with Crippen LogP contribution in [-0.4, -0.2) is 21.8 Å². The lowest BCUT2D eigenvalue weighted by Gasteiger charge is -2.27. The second-order valence-corrected chi connectivity index (χ2v) is 7.91. The third-order valence-corrected chi connectivity index (χ3v) is 5.88. The van der Waals surface area contributed by atoms with Crippen LogP contribution in [0.1, 0.15) is 37.4 Å². The fraction of sp³-hybridized carbons (Fsp3) is 0.286. The van der Waals surface area contributed by atoms with Crippen molar-refractivity contribution in [1.29, 1.82) is 0 Å². The number of amides is 3. The van der Waals surface area contributed by atoms with Gasteiger partial charge in [0.05, 0.1) is 17.1 Å². The second-order valence-electron chi connectivity index (χ2n) is 6.96. The lowest BCUT2D eigenvalue weighted by molar-refractivity contribution is -0.132. The number of benzene rings is 1.